The average Bonchev–Trinajstić information content (AvgIpc) is 3.20. The Morgan fingerprint density at radius 1 is 0.642 bits per heavy atom. The Kier molecular flexibility index (Phi) is 23.9. The molecule has 0 saturated carbocycles. The van der Waals surface area contributed by atoms with Crippen LogP contribution in [-0.4, -0.2) is 42.8 Å². The maximum absolute atomic E-state index is 12.0. The molecule has 0 spiro atoms. The van der Waals surface area contributed by atoms with Gasteiger partial charge < -0.3 is 9.97 Å². The average molecular weight is 960 g/mol. The molecule has 1 unspecified atom stereocenters. The van der Waals surface area contributed by atoms with Crippen molar-refractivity contribution in [1.82, 2.24) is 19.9 Å². The van der Waals surface area contributed by atoms with Crippen molar-refractivity contribution in [2.24, 2.45) is 5.92 Å². The normalized spacial score (nSPS) is 10.7. The number of hydrogen-bond donors (Lipinski definition) is 3. The summed E-state index contributed by atoms with van der Waals surface area (Å²) in [5.41, 5.74) is 17.2. The second kappa shape index (κ2) is 27.9. The lowest BCUT2D eigenvalue weighted by atomic mass is 9.95. The third-order valence-electron chi connectivity index (χ3n) is 10.5. The summed E-state index contributed by atoms with van der Waals surface area (Å²) in [4.78, 5) is 59.6. The molecule has 0 amide bonds. The highest BCUT2D eigenvalue weighted by Crippen LogP contribution is 2.20. The summed E-state index contributed by atoms with van der Waals surface area (Å²) < 4.78 is 0.380. The van der Waals surface area contributed by atoms with Crippen LogP contribution in [0, 0.1) is 91.3 Å². The lowest BCUT2D eigenvalue weighted by molar-refractivity contribution is -0.130. The minimum atomic E-state index is -0.485. The van der Waals surface area contributed by atoms with Gasteiger partial charge in [0.1, 0.15) is 11.6 Å². The van der Waals surface area contributed by atoms with Crippen LogP contribution in [0.3, 0.4) is 0 Å². The van der Waals surface area contributed by atoms with Crippen molar-refractivity contribution in [3.8, 4) is 6.07 Å². The predicted molar refractivity (Wildman–Crippen MR) is 285 cm³/mol. The first-order valence-corrected chi connectivity index (χ1v) is 24.6. The Hall–Kier alpha value is -5.61. The molecular weight excluding hydrogens is 891 g/mol. The van der Waals surface area contributed by atoms with Crippen LogP contribution in [0.4, 0.5) is 0 Å². The number of hydrogen-bond acceptors (Lipinski definition) is 9. The fourth-order valence-electron chi connectivity index (χ4n) is 7.44. The predicted octanol–water partition coefficient (Wildman–Crippen LogP) is 12.3. The van der Waals surface area contributed by atoms with Crippen LogP contribution in [-0.2, 0) is 35.3 Å². The third kappa shape index (κ3) is 20.0. The number of thioether (sulfide) groups is 2. The second-order valence-electron chi connectivity index (χ2n) is 17.2. The van der Waals surface area contributed by atoms with Crippen LogP contribution in [0.15, 0.2) is 87.5 Å². The van der Waals surface area contributed by atoms with Crippen molar-refractivity contribution < 1.29 is 9.59 Å². The lowest BCUT2D eigenvalue weighted by Gasteiger charge is -2.09. The Morgan fingerprint density at radius 2 is 1.06 bits per heavy atom. The highest BCUT2D eigenvalue weighted by Gasteiger charge is 2.18. The monoisotopic (exact) mass is 959 g/mol. The van der Waals surface area contributed by atoms with E-state index in [9.17, 15) is 19.2 Å². The number of Topliss-reactive ketones (excluding diaryl/α,β-unsaturated/α-hetero) is 2. The van der Waals surface area contributed by atoms with E-state index in [2.05, 4.69) is 114 Å². The molecule has 0 fully saturated rings. The SMILES string of the molecule is C.CC(=O)C(C)C(=O)Cc1cc(C)cc(C)c1.CSCSc1nc(Cc2cc(C)cc(C)c2)c(C)c(=O)[nH]1.Cc1cc(C)cc(CC#N)c1.Cc1cc(C)cc(Cc2[nH]c(=S)[nH]c(=O)c2C)c1. The smallest absolute Gasteiger partial charge is 0.254 e. The van der Waals surface area contributed by atoms with E-state index in [-0.39, 0.29) is 30.1 Å². The molecule has 67 heavy (non-hydrogen) atoms. The number of ketones is 2. The number of nitrogens with one attached hydrogen (secondary N) is 3. The first-order valence-electron chi connectivity index (χ1n) is 21.8. The quantitative estimate of drug-likeness (QED) is 0.0358. The zero-order valence-electron chi connectivity index (χ0n) is 40.8. The van der Waals surface area contributed by atoms with Crippen molar-refractivity contribution in [3.05, 3.63) is 188 Å². The molecule has 0 aliphatic heterocycles. The van der Waals surface area contributed by atoms with E-state index in [0.29, 0.717) is 46.7 Å². The summed E-state index contributed by atoms with van der Waals surface area (Å²) >= 11 is 8.30. The van der Waals surface area contributed by atoms with Gasteiger partial charge in [0, 0.05) is 41.2 Å². The van der Waals surface area contributed by atoms with Crippen LogP contribution in [0.1, 0.15) is 111 Å². The van der Waals surface area contributed by atoms with E-state index in [1.165, 1.54) is 51.4 Å². The Bertz CT molecular complexity index is 2790. The van der Waals surface area contributed by atoms with Crippen molar-refractivity contribution in [1.29, 1.82) is 5.26 Å². The first-order chi connectivity index (χ1) is 31.1. The van der Waals surface area contributed by atoms with E-state index in [1.54, 1.807) is 30.4 Å². The molecule has 0 bridgehead atoms. The first kappa shape index (κ1) is 57.5. The maximum Gasteiger partial charge on any atom is 0.254 e. The van der Waals surface area contributed by atoms with Gasteiger partial charge in [-0.3, -0.25) is 24.2 Å². The number of carbonyl (C=O) groups excluding carboxylic acids is 2. The number of nitrogens with zero attached hydrogens (tertiary/aromatic N) is 2. The van der Waals surface area contributed by atoms with Crippen LogP contribution in [0.2, 0.25) is 0 Å². The summed E-state index contributed by atoms with van der Waals surface area (Å²) in [5, 5.41) is 10.0. The molecule has 1 atom stereocenters. The van der Waals surface area contributed by atoms with Crippen LogP contribution in [0.25, 0.3) is 0 Å². The summed E-state index contributed by atoms with van der Waals surface area (Å²) in [6.07, 6.45) is 4.30. The molecule has 0 saturated heterocycles. The number of aromatic amines is 3. The molecule has 2 aromatic heterocycles. The van der Waals surface area contributed by atoms with Gasteiger partial charge in [-0.15, -0.1) is 0 Å². The summed E-state index contributed by atoms with van der Waals surface area (Å²) in [6, 6.07) is 27.3. The number of rotatable bonds is 12. The van der Waals surface area contributed by atoms with E-state index < -0.39 is 5.92 Å². The minimum absolute atomic E-state index is 0. The second-order valence-corrected chi connectivity index (χ2v) is 19.8. The number of aromatic nitrogens is 4. The molecule has 4 aromatic carbocycles. The minimum Gasteiger partial charge on any atom is -0.335 e. The molecule has 0 aliphatic rings. The number of aryl methyl sites for hydroxylation is 8. The maximum atomic E-state index is 12.0. The van der Waals surface area contributed by atoms with Crippen molar-refractivity contribution in [2.45, 2.75) is 121 Å². The topological polar surface area (TPSA) is 152 Å². The van der Waals surface area contributed by atoms with E-state index >= 15 is 0 Å². The van der Waals surface area contributed by atoms with Gasteiger partial charge in [0.25, 0.3) is 11.1 Å². The standard InChI is InChI=1S/C16H20N2OS2.C14H16N2OS.C14H18O2.C10H11N.CH4/c1-10-5-11(2)7-13(6-10)8-14-12(3)15(19)18-16(17-14)21-9-20-4;1-8-4-9(2)6-11(5-8)7-12-10(3)13(17)16-14(18)15-12;1-9-5-10(2)7-13(6-9)8-14(16)11(3)12(4)15;1-8-5-9(2)7-10(6-8)3-4-11;/h5-7H,8-9H2,1-4H3,(H,17,18,19);4-6H,7H2,1-3H3,(H2,15,16,17,18);5-7,11H,8H2,1-4H3;5-7H,3H2,1-2H3;1H4. The van der Waals surface area contributed by atoms with Gasteiger partial charge >= 0.3 is 0 Å². The zero-order valence-corrected chi connectivity index (χ0v) is 43.2. The molecule has 0 radical (unpaired) electrons. The molecule has 12 heteroatoms. The fourth-order valence-corrected chi connectivity index (χ4v) is 8.91. The third-order valence-corrected chi connectivity index (χ3v) is 12.5. The largest absolute Gasteiger partial charge is 0.335 e. The van der Waals surface area contributed by atoms with Gasteiger partial charge in [0.15, 0.2) is 9.93 Å². The van der Waals surface area contributed by atoms with Crippen LogP contribution in [0.5, 0.6) is 0 Å². The number of carbonyl (C=O) groups is 2. The molecular formula is C55H69N5O4S3. The van der Waals surface area contributed by atoms with E-state index in [0.717, 1.165) is 38.7 Å². The van der Waals surface area contributed by atoms with Crippen LogP contribution < -0.4 is 11.1 Å². The van der Waals surface area contributed by atoms with Gasteiger partial charge in [0.2, 0.25) is 0 Å². The van der Waals surface area contributed by atoms with Gasteiger partial charge in [-0.2, -0.15) is 17.0 Å². The molecule has 6 aromatic rings. The number of nitriles is 1. The molecule has 9 nitrogen and oxygen atoms in total. The number of H-pyrrole nitrogens is 3. The van der Waals surface area contributed by atoms with Crippen LogP contribution >= 0.6 is 35.7 Å². The molecule has 3 N–H and O–H groups in total. The van der Waals surface area contributed by atoms with Crippen molar-refractivity contribution >= 4 is 47.3 Å². The summed E-state index contributed by atoms with van der Waals surface area (Å²) in [5.74, 6) is -0.548. The summed E-state index contributed by atoms with van der Waals surface area (Å²) in [6.45, 7) is 23.2. The summed E-state index contributed by atoms with van der Waals surface area (Å²) in [7, 11) is 0. The molecule has 2 heterocycles. The van der Waals surface area contributed by atoms with Gasteiger partial charge in [-0.1, -0.05) is 136 Å². The Balaban J connectivity index is 0.000000312. The van der Waals surface area contributed by atoms with Crippen molar-refractivity contribution in [2.75, 3.05) is 11.3 Å². The van der Waals surface area contributed by atoms with E-state index in [4.69, 9.17) is 17.5 Å². The van der Waals surface area contributed by atoms with Gasteiger partial charge in [-0.05, 0) is 124 Å². The Labute approximate surface area is 412 Å². The van der Waals surface area contributed by atoms with Gasteiger partial charge in [0.05, 0.1) is 24.1 Å². The van der Waals surface area contributed by atoms with Crippen molar-refractivity contribution in [3.63, 3.8) is 0 Å². The molecule has 0 aliphatic carbocycles. The van der Waals surface area contributed by atoms with E-state index in [1.807, 2.05) is 59.9 Å². The molecule has 356 valence electrons. The highest BCUT2D eigenvalue weighted by atomic mass is 32.2. The number of benzene rings is 4. The zero-order chi connectivity index (χ0) is 49.2. The lowest BCUT2D eigenvalue weighted by Crippen LogP contribution is -2.20. The molecule has 6 rings (SSSR count). The fraction of sp³-hybridized carbons (Fsp3) is 0.364. The Morgan fingerprint density at radius 3 is 1.49 bits per heavy atom. The highest BCUT2D eigenvalue weighted by molar-refractivity contribution is 8.15. The van der Waals surface area contributed by atoms with Gasteiger partial charge in [-0.25, -0.2) is 4.98 Å².